The largest absolute Gasteiger partial charge is 0.465 e. The summed E-state index contributed by atoms with van der Waals surface area (Å²) in [5, 5.41) is 10.0. The second-order valence-electron chi connectivity index (χ2n) is 7.95. The molecule has 0 fully saturated rings. The number of unbranched alkanes of at least 4 members (excludes halogenated alkanes) is 10. The van der Waals surface area contributed by atoms with Crippen LogP contribution in [0.25, 0.3) is 0 Å². The first kappa shape index (κ1) is 24.4. The first-order valence-corrected chi connectivity index (χ1v) is 10.9. The third kappa shape index (κ3) is 19.6. The Bertz CT molecular complexity index is 289. The average Bonchev–Trinajstić information content (AvgIpc) is 2.58. The molecular formula is C22H44O3. The van der Waals surface area contributed by atoms with E-state index in [0.29, 0.717) is 18.9 Å². The molecule has 0 spiro atoms. The second-order valence-corrected chi connectivity index (χ2v) is 7.95. The molecular weight excluding hydrogens is 312 g/mol. The number of rotatable bonds is 18. The molecule has 0 saturated heterocycles. The Kier molecular flexibility index (Phi) is 17.8. The first-order chi connectivity index (χ1) is 12.1. The fourth-order valence-electron chi connectivity index (χ4n) is 2.99. The van der Waals surface area contributed by atoms with Gasteiger partial charge in [-0.1, -0.05) is 91.4 Å². The number of carbonyl (C=O) groups excluding carboxylic acids is 1. The number of esters is 1. The van der Waals surface area contributed by atoms with Crippen LogP contribution in [0.15, 0.2) is 0 Å². The molecule has 0 radical (unpaired) electrons. The predicted molar refractivity (Wildman–Crippen MR) is 107 cm³/mol. The average molecular weight is 357 g/mol. The van der Waals surface area contributed by atoms with Gasteiger partial charge in [0, 0.05) is 6.42 Å². The van der Waals surface area contributed by atoms with Crippen LogP contribution in [0.4, 0.5) is 0 Å². The van der Waals surface area contributed by atoms with E-state index >= 15 is 0 Å². The van der Waals surface area contributed by atoms with E-state index in [0.717, 1.165) is 44.9 Å². The van der Waals surface area contributed by atoms with Gasteiger partial charge in [0.25, 0.3) is 0 Å². The third-order valence-electron chi connectivity index (χ3n) is 4.64. The van der Waals surface area contributed by atoms with E-state index in [-0.39, 0.29) is 12.1 Å². The Morgan fingerprint density at radius 2 is 1.28 bits per heavy atom. The molecule has 150 valence electrons. The fourth-order valence-corrected chi connectivity index (χ4v) is 2.99. The molecule has 0 aromatic rings. The monoisotopic (exact) mass is 356 g/mol. The number of aliphatic hydroxyl groups excluding tert-OH is 1. The van der Waals surface area contributed by atoms with Crippen LogP contribution in [0.3, 0.4) is 0 Å². The van der Waals surface area contributed by atoms with Gasteiger partial charge in [-0.3, -0.25) is 4.79 Å². The summed E-state index contributed by atoms with van der Waals surface area (Å²) in [6, 6.07) is 0. The van der Waals surface area contributed by atoms with Gasteiger partial charge in [0.1, 0.15) is 0 Å². The van der Waals surface area contributed by atoms with Crippen molar-refractivity contribution in [3.8, 4) is 0 Å². The van der Waals surface area contributed by atoms with Gasteiger partial charge in [0.05, 0.1) is 12.7 Å². The van der Waals surface area contributed by atoms with Crippen molar-refractivity contribution in [3.63, 3.8) is 0 Å². The summed E-state index contributed by atoms with van der Waals surface area (Å²) in [4.78, 5) is 11.5. The number of hydrogen-bond acceptors (Lipinski definition) is 3. The lowest BCUT2D eigenvalue weighted by Gasteiger charge is -2.10. The van der Waals surface area contributed by atoms with E-state index in [4.69, 9.17) is 4.74 Å². The minimum atomic E-state index is -0.110. The van der Waals surface area contributed by atoms with Crippen molar-refractivity contribution in [1.82, 2.24) is 0 Å². The van der Waals surface area contributed by atoms with Crippen LogP contribution in [0, 0.1) is 5.92 Å². The normalized spacial score (nSPS) is 12.5. The van der Waals surface area contributed by atoms with Gasteiger partial charge in [0.15, 0.2) is 0 Å². The van der Waals surface area contributed by atoms with Gasteiger partial charge in [0.2, 0.25) is 0 Å². The van der Waals surface area contributed by atoms with Crippen LogP contribution in [0.5, 0.6) is 0 Å². The molecule has 3 heteroatoms. The van der Waals surface area contributed by atoms with Crippen molar-refractivity contribution >= 4 is 5.97 Å². The number of aliphatic hydroxyl groups is 1. The molecule has 0 amide bonds. The SMILES string of the molecule is CCCCCCCCCC(O)CCCCCCCC(=O)OCC(C)C. The summed E-state index contributed by atoms with van der Waals surface area (Å²) >= 11 is 0. The summed E-state index contributed by atoms with van der Waals surface area (Å²) in [5.41, 5.74) is 0. The van der Waals surface area contributed by atoms with E-state index < -0.39 is 0 Å². The zero-order chi connectivity index (χ0) is 18.8. The van der Waals surface area contributed by atoms with E-state index in [1.807, 2.05) is 0 Å². The van der Waals surface area contributed by atoms with E-state index in [1.165, 1.54) is 44.9 Å². The quantitative estimate of drug-likeness (QED) is 0.228. The molecule has 0 aromatic heterocycles. The maximum absolute atomic E-state index is 11.5. The Balaban J connectivity index is 3.26. The highest BCUT2D eigenvalue weighted by Crippen LogP contribution is 2.14. The van der Waals surface area contributed by atoms with E-state index in [2.05, 4.69) is 20.8 Å². The topological polar surface area (TPSA) is 46.5 Å². The van der Waals surface area contributed by atoms with E-state index in [1.54, 1.807) is 0 Å². The highest BCUT2D eigenvalue weighted by molar-refractivity contribution is 5.69. The molecule has 0 aliphatic carbocycles. The van der Waals surface area contributed by atoms with Crippen LogP contribution in [0.2, 0.25) is 0 Å². The second kappa shape index (κ2) is 18.2. The lowest BCUT2D eigenvalue weighted by molar-refractivity contribution is -0.144. The molecule has 0 aromatic carbocycles. The Morgan fingerprint density at radius 1 is 0.800 bits per heavy atom. The lowest BCUT2D eigenvalue weighted by Crippen LogP contribution is -2.09. The van der Waals surface area contributed by atoms with Crippen LogP contribution in [-0.4, -0.2) is 23.8 Å². The summed E-state index contributed by atoms with van der Waals surface area (Å²) < 4.78 is 5.16. The first-order valence-electron chi connectivity index (χ1n) is 10.9. The summed E-state index contributed by atoms with van der Waals surface area (Å²) in [7, 11) is 0. The van der Waals surface area contributed by atoms with Crippen molar-refractivity contribution in [2.24, 2.45) is 5.92 Å². The zero-order valence-electron chi connectivity index (χ0n) is 17.2. The molecule has 25 heavy (non-hydrogen) atoms. The van der Waals surface area contributed by atoms with Gasteiger partial charge >= 0.3 is 5.97 Å². The van der Waals surface area contributed by atoms with Crippen molar-refractivity contribution < 1.29 is 14.6 Å². The van der Waals surface area contributed by atoms with Gasteiger partial charge in [-0.15, -0.1) is 0 Å². The molecule has 0 aliphatic heterocycles. The summed E-state index contributed by atoms with van der Waals surface area (Å²) in [6.45, 7) is 6.89. The number of carbonyl (C=O) groups is 1. The molecule has 0 heterocycles. The fraction of sp³-hybridized carbons (Fsp3) is 0.955. The minimum Gasteiger partial charge on any atom is -0.465 e. The van der Waals surface area contributed by atoms with Gasteiger partial charge < -0.3 is 9.84 Å². The predicted octanol–water partition coefficient (Wildman–Crippen LogP) is 6.42. The molecule has 1 atom stereocenters. The molecule has 0 rings (SSSR count). The van der Waals surface area contributed by atoms with Crippen molar-refractivity contribution in [1.29, 1.82) is 0 Å². The van der Waals surface area contributed by atoms with Gasteiger partial charge in [-0.05, 0) is 25.2 Å². The summed E-state index contributed by atoms with van der Waals surface area (Å²) in [5.74, 6) is 0.357. The number of hydrogen-bond donors (Lipinski definition) is 1. The maximum atomic E-state index is 11.5. The highest BCUT2D eigenvalue weighted by atomic mass is 16.5. The third-order valence-corrected chi connectivity index (χ3v) is 4.64. The van der Waals surface area contributed by atoms with Crippen LogP contribution in [0.1, 0.15) is 117 Å². The van der Waals surface area contributed by atoms with Crippen LogP contribution >= 0.6 is 0 Å². The zero-order valence-corrected chi connectivity index (χ0v) is 17.2. The van der Waals surface area contributed by atoms with Gasteiger partial charge in [-0.2, -0.15) is 0 Å². The number of ether oxygens (including phenoxy) is 1. The smallest absolute Gasteiger partial charge is 0.305 e. The molecule has 1 unspecified atom stereocenters. The maximum Gasteiger partial charge on any atom is 0.305 e. The Labute approximate surface area is 156 Å². The molecule has 0 aliphatic rings. The molecule has 0 saturated carbocycles. The highest BCUT2D eigenvalue weighted by Gasteiger charge is 2.05. The van der Waals surface area contributed by atoms with Crippen molar-refractivity contribution in [2.75, 3.05) is 6.61 Å². The summed E-state index contributed by atoms with van der Waals surface area (Å²) in [6.07, 6.45) is 16.9. The van der Waals surface area contributed by atoms with Gasteiger partial charge in [-0.25, -0.2) is 0 Å². The molecule has 0 bridgehead atoms. The Hall–Kier alpha value is -0.570. The van der Waals surface area contributed by atoms with Crippen molar-refractivity contribution in [3.05, 3.63) is 0 Å². The Morgan fingerprint density at radius 3 is 1.80 bits per heavy atom. The van der Waals surface area contributed by atoms with Crippen LogP contribution < -0.4 is 0 Å². The standard InChI is InChI=1S/C22H44O3/c1-4-5-6-7-8-10-13-16-21(23)17-14-11-9-12-15-18-22(24)25-19-20(2)3/h20-21,23H,4-19H2,1-3H3. The molecule has 1 N–H and O–H groups in total. The molecule has 3 nitrogen and oxygen atoms in total. The lowest BCUT2D eigenvalue weighted by atomic mass is 10.0. The van der Waals surface area contributed by atoms with Crippen LogP contribution in [-0.2, 0) is 9.53 Å². The van der Waals surface area contributed by atoms with E-state index in [9.17, 15) is 9.90 Å². The van der Waals surface area contributed by atoms with Crippen molar-refractivity contribution in [2.45, 2.75) is 123 Å². The minimum absolute atomic E-state index is 0.0567.